The quantitative estimate of drug-likeness (QED) is 0.628. The fourth-order valence-electron chi connectivity index (χ4n) is 1.85. The number of hydrogen-bond donors (Lipinski definition) is 2. The summed E-state index contributed by atoms with van der Waals surface area (Å²) in [6.07, 6.45) is 0.759. The second-order valence-corrected chi connectivity index (χ2v) is 5.03. The van der Waals surface area contributed by atoms with E-state index in [0.717, 1.165) is 6.42 Å². The van der Waals surface area contributed by atoms with Crippen LogP contribution in [0.3, 0.4) is 0 Å². The Labute approximate surface area is 101 Å². The largest absolute Gasteiger partial charge is 0.271 e. The van der Waals surface area contributed by atoms with E-state index >= 15 is 0 Å². The highest BCUT2D eigenvalue weighted by Gasteiger charge is 2.33. The van der Waals surface area contributed by atoms with Crippen molar-refractivity contribution in [3.63, 3.8) is 0 Å². The number of nitrogens with two attached hydrogens (primary N) is 1. The summed E-state index contributed by atoms with van der Waals surface area (Å²) in [5, 5.41) is 0. The Bertz CT molecular complexity index is 403. The van der Waals surface area contributed by atoms with Crippen LogP contribution in [0.2, 0.25) is 0 Å². The fourth-order valence-corrected chi connectivity index (χ4v) is 1.85. The van der Waals surface area contributed by atoms with Crippen LogP contribution in [0.15, 0.2) is 12.1 Å². The van der Waals surface area contributed by atoms with Gasteiger partial charge in [0.25, 0.3) is 0 Å². The van der Waals surface area contributed by atoms with Crippen LogP contribution in [-0.4, -0.2) is 0 Å². The van der Waals surface area contributed by atoms with Crippen molar-refractivity contribution in [3.8, 4) is 0 Å². The van der Waals surface area contributed by atoms with E-state index in [1.807, 2.05) is 20.8 Å². The predicted octanol–water partition coefficient (Wildman–Crippen LogP) is 3.21. The number of benzene rings is 1. The molecule has 0 spiro atoms. The average molecular weight is 242 g/mol. The van der Waals surface area contributed by atoms with Gasteiger partial charge in [0.15, 0.2) is 0 Å². The van der Waals surface area contributed by atoms with E-state index in [2.05, 4.69) is 5.43 Å². The highest BCUT2D eigenvalue weighted by molar-refractivity contribution is 5.30. The zero-order valence-electron chi connectivity index (χ0n) is 10.8. The van der Waals surface area contributed by atoms with Gasteiger partial charge in [0.05, 0.1) is 6.04 Å². The summed E-state index contributed by atoms with van der Waals surface area (Å²) in [7, 11) is 0. The molecule has 4 heteroatoms. The standard InChI is InChI=1S/C13H20F2N2/c1-5-13(3,4)12(17-16)10-9(14)7-6-8(2)11(10)15/h6-7,12,17H,5,16H2,1-4H3. The molecule has 1 aromatic rings. The molecule has 96 valence electrons. The highest BCUT2D eigenvalue weighted by atomic mass is 19.1. The van der Waals surface area contributed by atoms with Crippen LogP contribution in [0.1, 0.15) is 44.4 Å². The van der Waals surface area contributed by atoms with Crippen LogP contribution < -0.4 is 11.3 Å². The summed E-state index contributed by atoms with van der Waals surface area (Å²) < 4.78 is 27.8. The van der Waals surface area contributed by atoms with Crippen molar-refractivity contribution in [2.75, 3.05) is 0 Å². The first kappa shape index (κ1) is 14.1. The fraction of sp³-hybridized carbons (Fsp3) is 0.538. The summed E-state index contributed by atoms with van der Waals surface area (Å²) in [6, 6.07) is 2.16. The summed E-state index contributed by atoms with van der Waals surface area (Å²) in [6.45, 7) is 7.44. The first-order chi connectivity index (χ1) is 7.85. The minimum absolute atomic E-state index is 0.0272. The molecule has 0 amide bonds. The molecular weight excluding hydrogens is 222 g/mol. The van der Waals surface area contributed by atoms with Crippen molar-refractivity contribution in [2.45, 2.75) is 40.2 Å². The summed E-state index contributed by atoms with van der Waals surface area (Å²) in [4.78, 5) is 0. The predicted molar refractivity (Wildman–Crippen MR) is 65.2 cm³/mol. The number of hydrogen-bond acceptors (Lipinski definition) is 2. The van der Waals surface area contributed by atoms with Gasteiger partial charge in [-0.05, 0) is 30.4 Å². The van der Waals surface area contributed by atoms with E-state index in [1.165, 1.54) is 12.1 Å². The second kappa shape index (κ2) is 5.10. The molecule has 0 aromatic heterocycles. The van der Waals surface area contributed by atoms with Crippen molar-refractivity contribution >= 4 is 0 Å². The van der Waals surface area contributed by atoms with Gasteiger partial charge in [0.2, 0.25) is 0 Å². The van der Waals surface area contributed by atoms with E-state index in [4.69, 9.17) is 5.84 Å². The van der Waals surface area contributed by atoms with Crippen molar-refractivity contribution in [1.29, 1.82) is 0 Å². The Morgan fingerprint density at radius 1 is 1.35 bits per heavy atom. The Balaban J connectivity index is 3.35. The van der Waals surface area contributed by atoms with Crippen molar-refractivity contribution in [1.82, 2.24) is 5.43 Å². The summed E-state index contributed by atoms with van der Waals surface area (Å²) in [5.41, 5.74) is 2.66. The maximum atomic E-state index is 14.0. The normalized spacial score (nSPS) is 13.8. The van der Waals surface area contributed by atoms with E-state index in [9.17, 15) is 8.78 Å². The third kappa shape index (κ3) is 2.64. The van der Waals surface area contributed by atoms with Crippen LogP contribution in [0.4, 0.5) is 8.78 Å². The van der Waals surface area contributed by atoms with E-state index in [0.29, 0.717) is 5.56 Å². The van der Waals surface area contributed by atoms with Crippen LogP contribution >= 0.6 is 0 Å². The molecule has 0 fully saturated rings. The topological polar surface area (TPSA) is 38.0 Å². The molecule has 0 heterocycles. The van der Waals surface area contributed by atoms with Crippen LogP contribution in [0, 0.1) is 24.0 Å². The van der Waals surface area contributed by atoms with E-state index in [-0.39, 0.29) is 11.0 Å². The van der Waals surface area contributed by atoms with Gasteiger partial charge in [-0.3, -0.25) is 11.3 Å². The van der Waals surface area contributed by atoms with E-state index < -0.39 is 17.7 Å². The van der Waals surface area contributed by atoms with Crippen molar-refractivity contribution < 1.29 is 8.78 Å². The molecule has 1 rings (SSSR count). The maximum Gasteiger partial charge on any atom is 0.133 e. The first-order valence-electron chi connectivity index (χ1n) is 5.75. The van der Waals surface area contributed by atoms with Gasteiger partial charge in [-0.25, -0.2) is 8.78 Å². The lowest BCUT2D eigenvalue weighted by molar-refractivity contribution is 0.225. The molecule has 1 unspecified atom stereocenters. The third-order valence-electron chi connectivity index (χ3n) is 3.47. The molecule has 0 aliphatic carbocycles. The lowest BCUT2D eigenvalue weighted by Gasteiger charge is -2.33. The van der Waals surface area contributed by atoms with Crippen LogP contribution in [-0.2, 0) is 0 Å². The lowest BCUT2D eigenvalue weighted by Crippen LogP contribution is -2.39. The number of halogens is 2. The van der Waals surface area contributed by atoms with Gasteiger partial charge in [0, 0.05) is 5.56 Å². The number of hydrazine groups is 1. The Morgan fingerprint density at radius 2 is 1.94 bits per heavy atom. The number of aryl methyl sites for hydroxylation is 1. The highest BCUT2D eigenvalue weighted by Crippen LogP contribution is 2.38. The maximum absolute atomic E-state index is 14.0. The van der Waals surface area contributed by atoms with Gasteiger partial charge < -0.3 is 0 Å². The Morgan fingerprint density at radius 3 is 2.41 bits per heavy atom. The second-order valence-electron chi connectivity index (χ2n) is 5.03. The molecular formula is C13H20F2N2. The molecule has 0 saturated heterocycles. The SMILES string of the molecule is CCC(C)(C)C(NN)c1c(F)ccc(C)c1F. The minimum Gasteiger partial charge on any atom is -0.271 e. The summed E-state index contributed by atoms with van der Waals surface area (Å²) >= 11 is 0. The zero-order valence-corrected chi connectivity index (χ0v) is 10.8. The Hall–Kier alpha value is -1.00. The zero-order chi connectivity index (χ0) is 13.2. The monoisotopic (exact) mass is 242 g/mol. The average Bonchev–Trinajstić information content (AvgIpc) is 2.29. The number of rotatable bonds is 4. The molecule has 1 aromatic carbocycles. The van der Waals surface area contributed by atoms with Crippen LogP contribution in [0.25, 0.3) is 0 Å². The number of nitrogens with one attached hydrogen (secondary N) is 1. The lowest BCUT2D eigenvalue weighted by atomic mass is 9.78. The van der Waals surface area contributed by atoms with Crippen LogP contribution in [0.5, 0.6) is 0 Å². The molecule has 0 aliphatic heterocycles. The smallest absolute Gasteiger partial charge is 0.133 e. The molecule has 17 heavy (non-hydrogen) atoms. The Kier molecular flexibility index (Phi) is 4.22. The molecule has 0 bridgehead atoms. The minimum atomic E-state index is -0.558. The van der Waals surface area contributed by atoms with Crippen molar-refractivity contribution in [3.05, 3.63) is 34.9 Å². The third-order valence-corrected chi connectivity index (χ3v) is 3.47. The molecule has 0 radical (unpaired) electrons. The van der Waals surface area contributed by atoms with Gasteiger partial charge in [-0.2, -0.15) is 0 Å². The van der Waals surface area contributed by atoms with Gasteiger partial charge in [-0.1, -0.05) is 26.8 Å². The van der Waals surface area contributed by atoms with E-state index in [1.54, 1.807) is 6.92 Å². The molecule has 1 atom stereocenters. The molecule has 0 aliphatic rings. The van der Waals surface area contributed by atoms with Crippen molar-refractivity contribution in [2.24, 2.45) is 11.3 Å². The van der Waals surface area contributed by atoms with Gasteiger partial charge >= 0.3 is 0 Å². The molecule has 0 saturated carbocycles. The van der Waals surface area contributed by atoms with Gasteiger partial charge in [-0.15, -0.1) is 0 Å². The van der Waals surface area contributed by atoms with Gasteiger partial charge in [0.1, 0.15) is 11.6 Å². The molecule has 3 N–H and O–H groups in total. The summed E-state index contributed by atoms with van der Waals surface area (Å²) in [5.74, 6) is 4.39. The molecule has 2 nitrogen and oxygen atoms in total. The first-order valence-corrected chi connectivity index (χ1v) is 5.75.